The zero-order valence-corrected chi connectivity index (χ0v) is 15.8. The molecule has 0 aromatic heterocycles. The number of hydrogen-bond acceptors (Lipinski definition) is 4. The highest BCUT2D eigenvalue weighted by Crippen LogP contribution is 2.43. The number of amides is 1. The fraction of sp³-hybridized carbons (Fsp3) is 0.636. The average molecular weight is 368 g/mol. The van der Waals surface area contributed by atoms with E-state index in [9.17, 15) is 9.59 Å². The molecule has 27 heavy (non-hydrogen) atoms. The summed E-state index contributed by atoms with van der Waals surface area (Å²) in [6.45, 7) is 3.01. The molecule has 0 aliphatic carbocycles. The largest absolute Gasteiger partial charge is 0.459 e. The number of hydrogen-bond donors (Lipinski definition) is 0. The predicted molar refractivity (Wildman–Crippen MR) is 101 cm³/mol. The summed E-state index contributed by atoms with van der Waals surface area (Å²) in [5.41, 5.74) is 0.628. The monoisotopic (exact) mass is 368 g/mol. The van der Waals surface area contributed by atoms with Crippen LogP contribution in [0.15, 0.2) is 30.3 Å². The van der Waals surface area contributed by atoms with E-state index in [0.717, 1.165) is 45.3 Å². The van der Waals surface area contributed by atoms with Gasteiger partial charge >= 0.3 is 5.97 Å². The summed E-state index contributed by atoms with van der Waals surface area (Å²) in [6, 6.07) is 10.2. The maximum Gasteiger partial charge on any atom is 0.338 e. The summed E-state index contributed by atoms with van der Waals surface area (Å²) in [5.74, 6) is 1.31. The minimum absolute atomic E-state index is 0.00899. The molecule has 4 aliphatic heterocycles. The molecule has 4 saturated heterocycles. The molecule has 0 radical (unpaired) electrons. The van der Waals surface area contributed by atoms with Crippen molar-refractivity contribution >= 4 is 11.9 Å². The van der Waals surface area contributed by atoms with Crippen LogP contribution in [-0.4, -0.2) is 59.5 Å². The van der Waals surface area contributed by atoms with Gasteiger partial charge in [0, 0.05) is 44.6 Å². The second-order valence-electron chi connectivity index (χ2n) is 8.74. The van der Waals surface area contributed by atoms with E-state index in [2.05, 4.69) is 9.80 Å². The number of carbonyl (C=O) groups excluding carboxylic acids is 2. The van der Waals surface area contributed by atoms with Crippen molar-refractivity contribution in [1.82, 2.24) is 9.80 Å². The third-order valence-electron chi connectivity index (χ3n) is 7.20. The van der Waals surface area contributed by atoms with Crippen molar-refractivity contribution in [3.8, 4) is 0 Å². The second-order valence-corrected chi connectivity index (χ2v) is 8.74. The van der Waals surface area contributed by atoms with Crippen molar-refractivity contribution < 1.29 is 14.3 Å². The Balaban J connectivity index is 1.27. The average Bonchev–Trinajstić information content (AvgIpc) is 2.70. The highest BCUT2D eigenvalue weighted by Gasteiger charge is 2.49. The smallest absolute Gasteiger partial charge is 0.338 e. The minimum Gasteiger partial charge on any atom is -0.459 e. The maximum atomic E-state index is 12.4. The van der Waals surface area contributed by atoms with E-state index >= 15 is 0 Å². The van der Waals surface area contributed by atoms with Crippen LogP contribution in [0.5, 0.6) is 0 Å². The lowest BCUT2D eigenvalue weighted by atomic mass is 9.70. The number of piperidine rings is 4. The number of nitrogens with zero attached hydrogens (tertiary/aromatic N) is 2. The molecule has 0 saturated carbocycles. The van der Waals surface area contributed by atoms with Crippen LogP contribution in [0.2, 0.25) is 0 Å². The van der Waals surface area contributed by atoms with Gasteiger partial charge in [0.2, 0.25) is 5.91 Å². The molecule has 4 heterocycles. The SMILES string of the molecule is O=C(OC1CCN2CC3CC(CN4C(=O)CCCC34)C2C1)c1ccccc1. The number of esters is 1. The summed E-state index contributed by atoms with van der Waals surface area (Å²) < 4.78 is 5.85. The molecule has 1 aromatic rings. The van der Waals surface area contributed by atoms with Gasteiger partial charge in [0.05, 0.1) is 5.56 Å². The predicted octanol–water partition coefficient (Wildman–Crippen LogP) is 2.71. The van der Waals surface area contributed by atoms with Crippen molar-refractivity contribution in [1.29, 1.82) is 0 Å². The summed E-state index contributed by atoms with van der Waals surface area (Å²) in [6.07, 6.45) is 6.01. The molecule has 5 atom stereocenters. The number of ether oxygens (including phenoxy) is 1. The van der Waals surface area contributed by atoms with E-state index in [4.69, 9.17) is 4.74 Å². The first-order chi connectivity index (χ1) is 13.2. The Morgan fingerprint density at radius 2 is 1.81 bits per heavy atom. The van der Waals surface area contributed by atoms with Crippen molar-refractivity contribution in [2.45, 2.75) is 56.7 Å². The highest BCUT2D eigenvalue weighted by atomic mass is 16.5. The second kappa shape index (κ2) is 6.93. The van der Waals surface area contributed by atoms with Crippen molar-refractivity contribution in [3.05, 3.63) is 35.9 Å². The van der Waals surface area contributed by atoms with Gasteiger partial charge in [0.15, 0.2) is 0 Å². The number of carbonyl (C=O) groups is 2. The summed E-state index contributed by atoms with van der Waals surface area (Å²) in [7, 11) is 0. The van der Waals surface area contributed by atoms with Gasteiger partial charge < -0.3 is 9.64 Å². The normalized spacial score (nSPS) is 35.9. The summed E-state index contributed by atoms with van der Waals surface area (Å²) >= 11 is 0. The highest BCUT2D eigenvalue weighted by molar-refractivity contribution is 5.89. The van der Waals surface area contributed by atoms with Gasteiger partial charge in [-0.15, -0.1) is 0 Å². The number of benzene rings is 1. The standard InChI is InChI=1S/C22H28N2O3/c25-21-8-4-7-19-16-11-17(14-24(19)21)20-12-18(9-10-23(20)13-16)27-22(26)15-5-2-1-3-6-15/h1-3,5-6,16-20H,4,7-14H2. The van der Waals surface area contributed by atoms with E-state index in [0.29, 0.717) is 35.4 Å². The van der Waals surface area contributed by atoms with Crippen LogP contribution in [-0.2, 0) is 9.53 Å². The lowest BCUT2D eigenvalue weighted by molar-refractivity contribution is -0.150. The first kappa shape index (κ1) is 17.2. The van der Waals surface area contributed by atoms with Gasteiger partial charge in [-0.1, -0.05) is 18.2 Å². The lowest BCUT2D eigenvalue weighted by Gasteiger charge is -2.57. The quantitative estimate of drug-likeness (QED) is 0.753. The molecule has 144 valence electrons. The lowest BCUT2D eigenvalue weighted by Crippen LogP contribution is -2.65. The van der Waals surface area contributed by atoms with Crippen LogP contribution >= 0.6 is 0 Å². The zero-order chi connectivity index (χ0) is 18.4. The summed E-state index contributed by atoms with van der Waals surface area (Å²) in [4.78, 5) is 29.7. The Labute approximate surface area is 160 Å². The molecular weight excluding hydrogens is 340 g/mol. The molecule has 5 unspecified atom stereocenters. The van der Waals surface area contributed by atoms with Gasteiger partial charge in [-0.3, -0.25) is 9.69 Å². The molecule has 1 aromatic carbocycles. The minimum atomic E-state index is -0.211. The van der Waals surface area contributed by atoms with Crippen molar-refractivity contribution in [2.24, 2.45) is 11.8 Å². The van der Waals surface area contributed by atoms with Gasteiger partial charge in [0.25, 0.3) is 0 Å². The first-order valence-corrected chi connectivity index (χ1v) is 10.5. The zero-order valence-electron chi connectivity index (χ0n) is 15.8. The van der Waals surface area contributed by atoms with E-state index < -0.39 is 0 Å². The van der Waals surface area contributed by atoms with Gasteiger partial charge in [-0.25, -0.2) is 4.79 Å². The third-order valence-corrected chi connectivity index (χ3v) is 7.20. The van der Waals surface area contributed by atoms with Crippen LogP contribution in [0.1, 0.15) is 48.9 Å². The van der Waals surface area contributed by atoms with Crippen LogP contribution in [0.4, 0.5) is 0 Å². The molecule has 4 aliphatic rings. The van der Waals surface area contributed by atoms with Gasteiger partial charge in [-0.05, 0) is 49.7 Å². The molecule has 0 spiro atoms. The van der Waals surface area contributed by atoms with Crippen LogP contribution < -0.4 is 0 Å². The summed E-state index contributed by atoms with van der Waals surface area (Å²) in [5, 5.41) is 0. The van der Waals surface area contributed by atoms with Crippen LogP contribution in [0.3, 0.4) is 0 Å². The molecule has 0 N–H and O–H groups in total. The van der Waals surface area contributed by atoms with Gasteiger partial charge in [-0.2, -0.15) is 0 Å². The molecule has 2 bridgehead atoms. The Hall–Kier alpha value is -1.88. The Bertz CT molecular complexity index is 722. The van der Waals surface area contributed by atoms with E-state index in [1.54, 1.807) is 0 Å². The van der Waals surface area contributed by atoms with Crippen molar-refractivity contribution in [2.75, 3.05) is 19.6 Å². The Kier molecular flexibility index (Phi) is 4.43. The van der Waals surface area contributed by atoms with E-state index in [1.165, 1.54) is 12.8 Å². The molecule has 5 heteroatoms. The molecule has 4 fully saturated rings. The number of fused-ring (bicyclic) bond motifs is 6. The molecule has 1 amide bonds. The topological polar surface area (TPSA) is 49.9 Å². The van der Waals surface area contributed by atoms with Crippen LogP contribution in [0, 0.1) is 11.8 Å². The van der Waals surface area contributed by atoms with E-state index in [1.807, 2.05) is 30.3 Å². The van der Waals surface area contributed by atoms with Gasteiger partial charge in [0.1, 0.15) is 6.10 Å². The van der Waals surface area contributed by atoms with E-state index in [-0.39, 0.29) is 12.1 Å². The molecule has 5 nitrogen and oxygen atoms in total. The Morgan fingerprint density at radius 3 is 2.67 bits per heavy atom. The maximum absolute atomic E-state index is 12.4. The first-order valence-electron chi connectivity index (χ1n) is 10.5. The number of rotatable bonds is 2. The fourth-order valence-corrected chi connectivity index (χ4v) is 5.95. The van der Waals surface area contributed by atoms with Crippen molar-refractivity contribution in [3.63, 3.8) is 0 Å². The van der Waals surface area contributed by atoms with Crippen LogP contribution in [0.25, 0.3) is 0 Å². The fourth-order valence-electron chi connectivity index (χ4n) is 5.95. The Morgan fingerprint density at radius 1 is 1.00 bits per heavy atom. The molecule has 5 rings (SSSR count). The molecular formula is C22H28N2O3. The third kappa shape index (κ3) is 3.16.